The Bertz CT molecular complexity index is 770. The maximum atomic E-state index is 11.7. The van der Waals surface area contributed by atoms with Gasteiger partial charge in [-0.05, 0) is 43.9 Å². The smallest absolute Gasteiger partial charge is 0.164 e. The molecule has 0 aliphatic carbocycles. The van der Waals surface area contributed by atoms with Gasteiger partial charge in [0.05, 0.1) is 5.02 Å². The van der Waals surface area contributed by atoms with Gasteiger partial charge in [0.15, 0.2) is 5.78 Å². The highest BCUT2D eigenvalue weighted by atomic mass is 35.5. The van der Waals surface area contributed by atoms with E-state index < -0.39 is 0 Å². The van der Waals surface area contributed by atoms with E-state index in [2.05, 4.69) is 11.9 Å². The first-order chi connectivity index (χ1) is 13.1. The quantitative estimate of drug-likeness (QED) is 0.364. The molecule has 0 radical (unpaired) electrons. The molecule has 144 valence electrons. The molecular weight excluding hydrogens is 377 g/mol. The van der Waals surface area contributed by atoms with E-state index in [1.807, 2.05) is 36.4 Å². The van der Waals surface area contributed by atoms with Gasteiger partial charge >= 0.3 is 0 Å². The minimum Gasteiger partial charge on any atom is -0.294 e. The first-order valence-electron chi connectivity index (χ1n) is 9.69. The van der Waals surface area contributed by atoms with Crippen LogP contribution in [0.25, 0.3) is 0 Å². The average Bonchev–Trinajstić information content (AvgIpc) is 2.70. The van der Waals surface area contributed by atoms with Gasteiger partial charge in [-0.25, -0.2) is 0 Å². The topological polar surface area (TPSA) is 29.4 Å². The Hall–Kier alpha value is -1.64. The van der Waals surface area contributed by atoms with Crippen molar-refractivity contribution in [1.29, 1.82) is 0 Å². The Balaban J connectivity index is 0.000000194. The highest BCUT2D eigenvalue weighted by Gasteiger charge is 2.10. The molecule has 1 heterocycles. The first kappa shape index (κ1) is 21.7. The summed E-state index contributed by atoms with van der Waals surface area (Å²) in [6.45, 7) is 3.08. The molecule has 0 spiro atoms. The van der Waals surface area contributed by atoms with Gasteiger partial charge in [0.25, 0.3) is 0 Å². The maximum Gasteiger partial charge on any atom is 0.164 e. The van der Waals surface area contributed by atoms with Gasteiger partial charge in [0.2, 0.25) is 0 Å². The maximum absolute atomic E-state index is 11.7. The van der Waals surface area contributed by atoms with Crippen molar-refractivity contribution >= 4 is 34.7 Å². The molecule has 2 aromatic rings. The summed E-state index contributed by atoms with van der Waals surface area (Å²) in [5.41, 5.74) is 2.95. The summed E-state index contributed by atoms with van der Waals surface area (Å²) in [6, 6.07) is 15.2. The van der Waals surface area contributed by atoms with Crippen LogP contribution in [-0.4, -0.2) is 18.0 Å². The van der Waals surface area contributed by atoms with Gasteiger partial charge < -0.3 is 0 Å². The molecule has 3 rings (SSSR count). The number of carbonyl (C=O) groups is 1. The Morgan fingerprint density at radius 2 is 1.67 bits per heavy atom. The first-order valence-corrected chi connectivity index (χ1v) is 10.4. The van der Waals surface area contributed by atoms with Crippen molar-refractivity contribution in [3.05, 3.63) is 69.7 Å². The van der Waals surface area contributed by atoms with Crippen LogP contribution in [0.15, 0.2) is 53.5 Å². The lowest BCUT2D eigenvalue weighted by molar-refractivity contribution is 0.0979. The molecule has 0 aromatic heterocycles. The summed E-state index contributed by atoms with van der Waals surface area (Å²) in [5.74, 6) is 0.157. The van der Waals surface area contributed by atoms with Crippen molar-refractivity contribution in [2.24, 2.45) is 4.99 Å². The predicted molar refractivity (Wildman–Crippen MR) is 117 cm³/mol. The lowest BCUT2D eigenvalue weighted by Crippen LogP contribution is -2.07. The predicted octanol–water partition coefficient (Wildman–Crippen LogP) is 7.42. The van der Waals surface area contributed by atoms with Crippen molar-refractivity contribution in [2.45, 2.75) is 51.9 Å². The number of hydrogen-bond donors (Lipinski definition) is 0. The fourth-order valence-electron chi connectivity index (χ4n) is 2.97. The third kappa shape index (κ3) is 7.12. The minimum atomic E-state index is 0.157. The molecule has 0 bridgehead atoms. The summed E-state index contributed by atoms with van der Waals surface area (Å²) in [7, 11) is 0. The third-order valence-electron chi connectivity index (χ3n) is 4.49. The van der Waals surface area contributed by atoms with Gasteiger partial charge in [-0.1, -0.05) is 73.3 Å². The second-order valence-electron chi connectivity index (χ2n) is 6.63. The molecule has 1 aliphatic heterocycles. The molecule has 4 heteroatoms. The molecule has 27 heavy (non-hydrogen) atoms. The number of nitrogens with zero attached hydrogens (tertiary/aromatic N) is 1. The summed E-state index contributed by atoms with van der Waals surface area (Å²) < 4.78 is 0. The highest BCUT2D eigenvalue weighted by Crippen LogP contribution is 2.21. The number of unbranched alkanes of at least 4 members (excludes halogenated alkanes) is 2. The Kier molecular flexibility index (Phi) is 9.58. The number of Topliss-reactive ketones (excluding diaryl/α,β-unsaturated/α-hetero) is 1. The molecule has 0 saturated heterocycles. The molecule has 0 amide bonds. The van der Waals surface area contributed by atoms with Crippen molar-refractivity contribution in [3.63, 3.8) is 0 Å². The molecule has 0 N–H and O–H groups in total. The molecule has 0 saturated carbocycles. The van der Waals surface area contributed by atoms with Crippen LogP contribution in [0.1, 0.15) is 67.8 Å². The van der Waals surface area contributed by atoms with Crippen LogP contribution in [0.4, 0.5) is 0 Å². The van der Waals surface area contributed by atoms with Crippen LogP contribution < -0.4 is 0 Å². The van der Waals surface area contributed by atoms with E-state index in [4.69, 9.17) is 23.2 Å². The van der Waals surface area contributed by atoms with E-state index in [0.29, 0.717) is 17.0 Å². The molecule has 2 nitrogen and oxygen atoms in total. The second kappa shape index (κ2) is 11.9. The molecule has 1 aliphatic rings. The summed E-state index contributed by atoms with van der Waals surface area (Å²) in [5, 5.41) is 1.39. The van der Waals surface area contributed by atoms with Gasteiger partial charge in [-0.15, -0.1) is 0 Å². The zero-order valence-electron chi connectivity index (χ0n) is 15.9. The monoisotopic (exact) mass is 403 g/mol. The third-order valence-corrected chi connectivity index (χ3v) is 5.15. The molecule has 0 fully saturated rings. The molecular formula is C23H27Cl2NO. The molecule has 0 atom stereocenters. The van der Waals surface area contributed by atoms with Crippen LogP contribution in [-0.2, 0) is 0 Å². The van der Waals surface area contributed by atoms with Crippen molar-refractivity contribution in [1.82, 2.24) is 0 Å². The number of rotatable bonds is 6. The fraction of sp³-hybridized carbons (Fsp3) is 0.391. The number of carbonyl (C=O) groups excluding carboxylic acids is 1. The van der Waals surface area contributed by atoms with Crippen molar-refractivity contribution < 1.29 is 4.79 Å². The Labute approximate surface area is 172 Å². The second-order valence-corrected chi connectivity index (χ2v) is 7.44. The van der Waals surface area contributed by atoms with Crippen molar-refractivity contribution in [2.75, 3.05) is 6.54 Å². The molecule has 2 aromatic carbocycles. The van der Waals surface area contributed by atoms with Gasteiger partial charge in [-0.3, -0.25) is 9.79 Å². The van der Waals surface area contributed by atoms with E-state index >= 15 is 0 Å². The Morgan fingerprint density at radius 1 is 0.963 bits per heavy atom. The van der Waals surface area contributed by atoms with Crippen LogP contribution >= 0.6 is 23.2 Å². The van der Waals surface area contributed by atoms with E-state index in [0.717, 1.165) is 42.8 Å². The average molecular weight is 404 g/mol. The van der Waals surface area contributed by atoms with E-state index in [9.17, 15) is 4.79 Å². The van der Waals surface area contributed by atoms with Crippen LogP contribution in [0.2, 0.25) is 10.0 Å². The van der Waals surface area contributed by atoms with Crippen LogP contribution in [0.5, 0.6) is 0 Å². The van der Waals surface area contributed by atoms with E-state index in [-0.39, 0.29) is 5.78 Å². The van der Waals surface area contributed by atoms with Gasteiger partial charge in [0, 0.05) is 34.8 Å². The lowest BCUT2D eigenvalue weighted by Gasteiger charge is -2.12. The van der Waals surface area contributed by atoms with Gasteiger partial charge in [-0.2, -0.15) is 0 Å². The standard InChI is InChI=1S/C12H15ClO.C11H12ClN/c1-2-3-4-9-12(14)10-7-5-6-8-11(10)13;12-10-6-2-1-5-9(10)11-7-3-4-8-13-11/h5-8H,2-4,9H2,1H3;1-2,5-6H,3-4,7-8H2. The summed E-state index contributed by atoms with van der Waals surface area (Å²) in [6.07, 6.45) is 7.34. The zero-order valence-corrected chi connectivity index (χ0v) is 17.4. The lowest BCUT2D eigenvalue weighted by atomic mass is 10.0. The number of ketones is 1. The minimum absolute atomic E-state index is 0.157. The van der Waals surface area contributed by atoms with Gasteiger partial charge in [0.1, 0.15) is 0 Å². The van der Waals surface area contributed by atoms with Crippen LogP contribution in [0, 0.1) is 0 Å². The largest absolute Gasteiger partial charge is 0.294 e. The Morgan fingerprint density at radius 3 is 2.30 bits per heavy atom. The number of aliphatic imine (C=N–C) groups is 1. The zero-order chi connectivity index (χ0) is 19.5. The normalized spacial score (nSPS) is 13.4. The summed E-state index contributed by atoms with van der Waals surface area (Å²) in [4.78, 5) is 16.1. The number of benzene rings is 2. The van der Waals surface area contributed by atoms with Crippen LogP contribution in [0.3, 0.4) is 0 Å². The van der Waals surface area contributed by atoms with E-state index in [1.54, 1.807) is 12.1 Å². The molecule has 0 unspecified atom stereocenters. The fourth-order valence-corrected chi connectivity index (χ4v) is 3.46. The number of halogens is 2. The number of hydrogen-bond acceptors (Lipinski definition) is 2. The van der Waals surface area contributed by atoms with Crippen molar-refractivity contribution in [3.8, 4) is 0 Å². The SMILES string of the molecule is CCCCCC(=O)c1ccccc1Cl.Clc1ccccc1C1=NCCCC1. The summed E-state index contributed by atoms with van der Waals surface area (Å²) >= 11 is 12.0. The highest BCUT2D eigenvalue weighted by molar-refractivity contribution is 6.34. The van der Waals surface area contributed by atoms with E-state index in [1.165, 1.54) is 18.6 Å².